The number of nitrogens with zero attached hydrogens (tertiary/aromatic N) is 2. The van der Waals surface area contributed by atoms with E-state index in [2.05, 4.69) is 34.3 Å². The minimum atomic E-state index is -0.0903. The average Bonchev–Trinajstić information content (AvgIpc) is 2.80. The average molecular weight is 258 g/mol. The largest absolute Gasteiger partial charge is 0.309 e. The van der Waals surface area contributed by atoms with Crippen molar-refractivity contribution in [3.63, 3.8) is 0 Å². The number of carbonyl (C=O) groups is 1. The molecule has 0 aliphatic rings. The van der Waals surface area contributed by atoms with E-state index in [1.807, 2.05) is 25.1 Å². The molecular weight excluding hydrogens is 240 g/mol. The Morgan fingerprint density at radius 3 is 2.79 bits per heavy atom. The minimum absolute atomic E-state index is 0.0903. The lowest BCUT2D eigenvalue weighted by Crippen LogP contribution is -2.14. The highest BCUT2D eigenvalue weighted by atomic mass is 16.1. The van der Waals surface area contributed by atoms with Crippen LogP contribution in [0.3, 0.4) is 0 Å². The standard InChI is InChI=1S/C14H18N4O/c1-9(2)12-7-13(18-17-12)16-14(19)6-11-5-4-10(3)15-8-11/h4-5,7-9H,6H2,1-3H3,(H2,16,17,18,19). The molecule has 0 saturated heterocycles. The molecule has 0 aromatic carbocycles. The second-order valence-corrected chi connectivity index (χ2v) is 4.90. The lowest BCUT2D eigenvalue weighted by molar-refractivity contribution is -0.115. The van der Waals surface area contributed by atoms with E-state index in [0.717, 1.165) is 17.0 Å². The smallest absolute Gasteiger partial charge is 0.230 e. The predicted octanol–water partition coefficient (Wildman–Crippen LogP) is 2.42. The summed E-state index contributed by atoms with van der Waals surface area (Å²) in [6.45, 7) is 6.05. The van der Waals surface area contributed by atoms with Crippen LogP contribution in [0.1, 0.15) is 36.7 Å². The van der Waals surface area contributed by atoms with Crippen molar-refractivity contribution in [2.24, 2.45) is 0 Å². The zero-order chi connectivity index (χ0) is 13.8. The van der Waals surface area contributed by atoms with Crippen LogP contribution in [-0.2, 0) is 11.2 Å². The molecule has 0 saturated carbocycles. The zero-order valence-electron chi connectivity index (χ0n) is 11.4. The molecule has 0 aliphatic carbocycles. The molecule has 2 rings (SSSR count). The SMILES string of the molecule is Cc1ccc(CC(=O)Nc2cc(C(C)C)[nH]n2)cn1. The number of anilines is 1. The summed E-state index contributed by atoms with van der Waals surface area (Å²) in [4.78, 5) is 16.0. The van der Waals surface area contributed by atoms with Crippen LogP contribution in [0.25, 0.3) is 0 Å². The van der Waals surface area contributed by atoms with Crippen LogP contribution in [0.5, 0.6) is 0 Å². The molecule has 5 nitrogen and oxygen atoms in total. The van der Waals surface area contributed by atoms with Crippen LogP contribution in [0.4, 0.5) is 5.82 Å². The van der Waals surface area contributed by atoms with E-state index >= 15 is 0 Å². The third kappa shape index (κ3) is 3.64. The lowest BCUT2D eigenvalue weighted by atomic mass is 10.1. The molecule has 2 aromatic heterocycles. The Morgan fingerprint density at radius 1 is 1.42 bits per heavy atom. The topological polar surface area (TPSA) is 70.7 Å². The Morgan fingerprint density at radius 2 is 2.21 bits per heavy atom. The van der Waals surface area contributed by atoms with Gasteiger partial charge in [-0.25, -0.2) is 0 Å². The Balaban J connectivity index is 1.95. The van der Waals surface area contributed by atoms with Crippen molar-refractivity contribution in [2.75, 3.05) is 5.32 Å². The highest BCUT2D eigenvalue weighted by Crippen LogP contribution is 2.14. The van der Waals surface area contributed by atoms with Crippen molar-refractivity contribution >= 4 is 11.7 Å². The molecule has 1 amide bonds. The fourth-order valence-corrected chi connectivity index (χ4v) is 1.67. The van der Waals surface area contributed by atoms with Crippen LogP contribution in [-0.4, -0.2) is 21.1 Å². The number of aryl methyl sites for hydroxylation is 1. The summed E-state index contributed by atoms with van der Waals surface area (Å²) in [7, 11) is 0. The van der Waals surface area contributed by atoms with Crippen LogP contribution in [0.15, 0.2) is 24.4 Å². The van der Waals surface area contributed by atoms with E-state index in [0.29, 0.717) is 18.2 Å². The van der Waals surface area contributed by atoms with Gasteiger partial charge in [0.25, 0.3) is 0 Å². The summed E-state index contributed by atoms with van der Waals surface area (Å²) in [6.07, 6.45) is 2.02. The van der Waals surface area contributed by atoms with E-state index in [1.165, 1.54) is 0 Å². The number of aromatic amines is 1. The van der Waals surface area contributed by atoms with Gasteiger partial charge in [-0.2, -0.15) is 5.10 Å². The number of hydrogen-bond donors (Lipinski definition) is 2. The van der Waals surface area contributed by atoms with Crippen molar-refractivity contribution in [1.29, 1.82) is 0 Å². The monoisotopic (exact) mass is 258 g/mol. The van der Waals surface area contributed by atoms with Gasteiger partial charge in [-0.15, -0.1) is 0 Å². The number of amides is 1. The van der Waals surface area contributed by atoms with Crippen molar-refractivity contribution in [3.05, 3.63) is 41.3 Å². The third-order valence-electron chi connectivity index (χ3n) is 2.82. The first-order chi connectivity index (χ1) is 9.04. The molecule has 0 radical (unpaired) electrons. The van der Waals surface area contributed by atoms with Crippen molar-refractivity contribution < 1.29 is 4.79 Å². The zero-order valence-corrected chi connectivity index (χ0v) is 11.4. The van der Waals surface area contributed by atoms with E-state index in [4.69, 9.17) is 0 Å². The number of rotatable bonds is 4. The Labute approximate surface area is 112 Å². The second-order valence-electron chi connectivity index (χ2n) is 4.90. The number of aromatic nitrogens is 3. The van der Waals surface area contributed by atoms with Crippen LogP contribution >= 0.6 is 0 Å². The highest BCUT2D eigenvalue weighted by Gasteiger charge is 2.08. The summed E-state index contributed by atoms with van der Waals surface area (Å²) in [5, 5.41) is 9.74. The maximum atomic E-state index is 11.9. The Kier molecular flexibility index (Phi) is 3.94. The van der Waals surface area contributed by atoms with Gasteiger partial charge < -0.3 is 5.32 Å². The molecule has 100 valence electrons. The number of H-pyrrole nitrogens is 1. The molecule has 2 heterocycles. The second kappa shape index (κ2) is 5.65. The van der Waals surface area contributed by atoms with Gasteiger partial charge >= 0.3 is 0 Å². The highest BCUT2D eigenvalue weighted by molar-refractivity contribution is 5.91. The summed E-state index contributed by atoms with van der Waals surface area (Å²) in [6, 6.07) is 5.66. The molecule has 0 spiro atoms. The molecule has 0 aliphatic heterocycles. The van der Waals surface area contributed by atoms with E-state index in [9.17, 15) is 4.79 Å². The van der Waals surface area contributed by atoms with Crippen molar-refractivity contribution in [1.82, 2.24) is 15.2 Å². The van der Waals surface area contributed by atoms with Gasteiger partial charge in [0.1, 0.15) is 0 Å². The predicted molar refractivity (Wildman–Crippen MR) is 74.0 cm³/mol. The first kappa shape index (κ1) is 13.3. The molecule has 19 heavy (non-hydrogen) atoms. The number of nitrogens with one attached hydrogen (secondary N) is 2. The lowest BCUT2D eigenvalue weighted by Gasteiger charge is -2.02. The summed E-state index contributed by atoms with van der Waals surface area (Å²) in [5.41, 5.74) is 2.84. The first-order valence-electron chi connectivity index (χ1n) is 6.31. The van der Waals surface area contributed by atoms with Gasteiger partial charge in [-0.05, 0) is 24.5 Å². The van der Waals surface area contributed by atoms with Crippen LogP contribution < -0.4 is 5.32 Å². The molecule has 0 atom stereocenters. The quantitative estimate of drug-likeness (QED) is 0.884. The third-order valence-corrected chi connectivity index (χ3v) is 2.82. The van der Waals surface area contributed by atoms with E-state index in [1.54, 1.807) is 6.20 Å². The molecule has 0 unspecified atom stereocenters. The van der Waals surface area contributed by atoms with Crippen LogP contribution in [0, 0.1) is 6.92 Å². The maximum Gasteiger partial charge on any atom is 0.230 e. The maximum absolute atomic E-state index is 11.9. The van der Waals surface area contributed by atoms with Gasteiger partial charge in [-0.1, -0.05) is 19.9 Å². The van der Waals surface area contributed by atoms with E-state index in [-0.39, 0.29) is 5.91 Å². The summed E-state index contributed by atoms with van der Waals surface area (Å²) < 4.78 is 0. The van der Waals surface area contributed by atoms with Gasteiger partial charge in [0.2, 0.25) is 5.91 Å². The molecule has 2 N–H and O–H groups in total. The van der Waals surface area contributed by atoms with Gasteiger partial charge in [0, 0.05) is 23.7 Å². The van der Waals surface area contributed by atoms with Crippen molar-refractivity contribution in [3.8, 4) is 0 Å². The van der Waals surface area contributed by atoms with Gasteiger partial charge in [0.05, 0.1) is 6.42 Å². The number of hydrogen-bond acceptors (Lipinski definition) is 3. The van der Waals surface area contributed by atoms with E-state index < -0.39 is 0 Å². The van der Waals surface area contributed by atoms with Crippen LogP contribution in [0.2, 0.25) is 0 Å². The summed E-state index contributed by atoms with van der Waals surface area (Å²) >= 11 is 0. The fraction of sp³-hybridized carbons (Fsp3) is 0.357. The first-order valence-corrected chi connectivity index (χ1v) is 6.31. The summed E-state index contributed by atoms with van der Waals surface area (Å²) in [5.74, 6) is 0.834. The normalized spacial score (nSPS) is 10.7. The van der Waals surface area contributed by atoms with Gasteiger partial charge in [0.15, 0.2) is 5.82 Å². The Hall–Kier alpha value is -2.17. The molecule has 2 aromatic rings. The number of pyridine rings is 1. The minimum Gasteiger partial charge on any atom is -0.309 e. The Bertz CT molecular complexity index is 557. The van der Waals surface area contributed by atoms with Crippen molar-refractivity contribution in [2.45, 2.75) is 33.1 Å². The molecular formula is C14H18N4O. The fourth-order valence-electron chi connectivity index (χ4n) is 1.67. The van der Waals surface area contributed by atoms with Gasteiger partial charge in [-0.3, -0.25) is 14.9 Å². The molecule has 0 fully saturated rings. The molecule has 0 bridgehead atoms. The molecule has 5 heteroatoms. The number of carbonyl (C=O) groups excluding carboxylic acids is 1.